The molecule has 0 bridgehead atoms. The summed E-state index contributed by atoms with van der Waals surface area (Å²) < 4.78 is 31.1. The predicted molar refractivity (Wildman–Crippen MR) is 101 cm³/mol. The first-order valence-corrected chi connectivity index (χ1v) is 9.33. The van der Waals surface area contributed by atoms with Crippen LogP contribution in [0, 0.1) is 0 Å². The summed E-state index contributed by atoms with van der Waals surface area (Å²) in [7, 11) is 0. The summed E-state index contributed by atoms with van der Waals surface area (Å²) in [5, 5.41) is 15.6. The molecule has 4 rings (SSSR count). The maximum Gasteiger partial charge on any atom is 0.315 e. The van der Waals surface area contributed by atoms with Crippen LogP contribution in [0.2, 0.25) is 0 Å². The highest BCUT2D eigenvalue weighted by molar-refractivity contribution is 5.94. The first kappa shape index (κ1) is 19.9. The maximum absolute atomic E-state index is 12.7. The van der Waals surface area contributed by atoms with Gasteiger partial charge in [0.2, 0.25) is 5.82 Å². The van der Waals surface area contributed by atoms with Gasteiger partial charge in [-0.05, 0) is 36.1 Å². The molecular formula is C20H18F2N4O4. The lowest BCUT2D eigenvalue weighted by Crippen LogP contribution is -2.29. The molecule has 1 unspecified atom stereocenters. The summed E-state index contributed by atoms with van der Waals surface area (Å²) in [6.45, 7) is -0.0964. The summed E-state index contributed by atoms with van der Waals surface area (Å²) in [6.07, 6.45) is -0.0384. The maximum atomic E-state index is 12.7. The number of carbonyl (C=O) groups excluding carboxylic acids is 1. The van der Waals surface area contributed by atoms with Gasteiger partial charge in [-0.15, -0.1) is 0 Å². The minimum absolute atomic E-state index is 0.0896. The summed E-state index contributed by atoms with van der Waals surface area (Å²) >= 11 is 0. The normalized spacial score (nSPS) is 15.4. The van der Waals surface area contributed by atoms with Gasteiger partial charge in [0, 0.05) is 24.4 Å². The number of nitrogens with zero attached hydrogens (tertiary/aromatic N) is 3. The Morgan fingerprint density at radius 3 is 2.90 bits per heavy atom. The second-order valence-corrected chi connectivity index (χ2v) is 6.91. The second kappa shape index (κ2) is 8.15. The fourth-order valence-corrected chi connectivity index (χ4v) is 3.54. The molecule has 1 aliphatic rings. The van der Waals surface area contributed by atoms with E-state index in [-0.39, 0.29) is 36.5 Å². The fourth-order valence-electron chi connectivity index (χ4n) is 3.54. The van der Waals surface area contributed by atoms with Gasteiger partial charge >= 0.3 is 6.43 Å². The number of pyridine rings is 1. The number of fused-ring (bicyclic) bond motifs is 1. The lowest BCUT2D eigenvalue weighted by molar-refractivity contribution is 0.0935. The number of rotatable bonds is 6. The molecule has 2 N–H and O–H groups in total. The Morgan fingerprint density at radius 2 is 2.17 bits per heavy atom. The molecule has 0 fully saturated rings. The number of aromatic nitrogens is 3. The molecule has 0 spiro atoms. The predicted octanol–water partition coefficient (Wildman–Crippen LogP) is 2.25. The third-order valence-corrected chi connectivity index (χ3v) is 5.00. The van der Waals surface area contributed by atoms with E-state index in [1.165, 1.54) is 22.9 Å². The lowest BCUT2D eigenvalue weighted by atomic mass is 10.0. The number of nitrogens with one attached hydrogen (secondary N) is 1. The van der Waals surface area contributed by atoms with Gasteiger partial charge < -0.3 is 19.5 Å². The molecule has 30 heavy (non-hydrogen) atoms. The first-order chi connectivity index (χ1) is 14.5. The van der Waals surface area contributed by atoms with E-state index < -0.39 is 12.3 Å². The van der Waals surface area contributed by atoms with Crippen LogP contribution >= 0.6 is 0 Å². The molecule has 2 aromatic heterocycles. The Balaban J connectivity index is 1.51. The fraction of sp³-hybridized carbons (Fsp3) is 0.300. The highest BCUT2D eigenvalue weighted by Crippen LogP contribution is 2.34. The number of halogens is 2. The van der Waals surface area contributed by atoms with E-state index in [1.807, 2.05) is 12.1 Å². The Labute approximate surface area is 169 Å². The average Bonchev–Trinajstić information content (AvgIpc) is 3.37. The van der Waals surface area contributed by atoms with Crippen LogP contribution < -0.4 is 10.9 Å². The van der Waals surface area contributed by atoms with Crippen LogP contribution in [0.3, 0.4) is 0 Å². The zero-order valence-electron chi connectivity index (χ0n) is 15.7. The van der Waals surface area contributed by atoms with Crippen LogP contribution in [0.25, 0.3) is 11.4 Å². The van der Waals surface area contributed by atoms with Gasteiger partial charge in [0.05, 0.1) is 18.2 Å². The minimum Gasteiger partial charge on any atom is -0.395 e. The van der Waals surface area contributed by atoms with Gasteiger partial charge in [-0.2, -0.15) is 13.8 Å². The number of benzene rings is 1. The molecule has 156 valence electrons. The topological polar surface area (TPSA) is 110 Å². The summed E-state index contributed by atoms with van der Waals surface area (Å²) in [4.78, 5) is 28.1. The number of alkyl halides is 2. The molecule has 1 atom stereocenters. The third-order valence-electron chi connectivity index (χ3n) is 5.00. The number of hydrogen-bond acceptors (Lipinski definition) is 6. The molecule has 8 nitrogen and oxygen atoms in total. The van der Waals surface area contributed by atoms with E-state index in [4.69, 9.17) is 5.11 Å². The molecular weight excluding hydrogens is 398 g/mol. The molecule has 0 aliphatic heterocycles. The van der Waals surface area contributed by atoms with Crippen molar-refractivity contribution in [2.75, 3.05) is 6.61 Å². The zero-order chi connectivity index (χ0) is 21.3. The van der Waals surface area contributed by atoms with E-state index in [0.29, 0.717) is 24.0 Å². The van der Waals surface area contributed by atoms with E-state index in [1.54, 1.807) is 6.07 Å². The molecule has 10 heteroatoms. The van der Waals surface area contributed by atoms with Gasteiger partial charge in [-0.25, -0.2) is 0 Å². The van der Waals surface area contributed by atoms with Crippen molar-refractivity contribution in [1.82, 2.24) is 20.0 Å². The van der Waals surface area contributed by atoms with Crippen molar-refractivity contribution in [3.8, 4) is 11.4 Å². The monoisotopic (exact) mass is 416 g/mol. The smallest absolute Gasteiger partial charge is 0.315 e. The van der Waals surface area contributed by atoms with Crippen LogP contribution in [-0.4, -0.2) is 32.3 Å². The average molecular weight is 416 g/mol. The summed E-state index contributed by atoms with van der Waals surface area (Å²) in [6, 6.07) is 7.84. The number of aliphatic hydroxyl groups is 1. The molecule has 3 aromatic rings. The van der Waals surface area contributed by atoms with Gasteiger partial charge in [0.1, 0.15) is 0 Å². The Kier molecular flexibility index (Phi) is 5.40. The van der Waals surface area contributed by atoms with Gasteiger partial charge in [0.25, 0.3) is 17.4 Å². The van der Waals surface area contributed by atoms with Crippen molar-refractivity contribution < 1.29 is 23.2 Å². The number of carbonyl (C=O) groups is 1. The Hall–Kier alpha value is -3.40. The molecule has 0 saturated carbocycles. The quantitative estimate of drug-likeness (QED) is 0.638. The minimum atomic E-state index is -2.83. The standard InChI is InChI=1S/C20H18F2N4O4/c21-17(22)20-24-18(25-30-20)12-1-4-14-11(9-12)2-5-15(14)23-19(29)13-3-6-16(28)26(10-13)7-8-27/h1,3-4,6,9-10,15,17,27H,2,5,7-8H2,(H,23,29). The van der Waals surface area contributed by atoms with Crippen LogP contribution in [0.4, 0.5) is 8.78 Å². The van der Waals surface area contributed by atoms with Crippen molar-refractivity contribution in [3.63, 3.8) is 0 Å². The van der Waals surface area contributed by atoms with E-state index in [9.17, 15) is 18.4 Å². The molecule has 0 radical (unpaired) electrons. The molecule has 0 saturated heterocycles. The molecule has 1 amide bonds. The number of aryl methyl sites for hydroxylation is 1. The SMILES string of the molecule is O=C(NC1CCc2cc(-c3noc(C(F)F)n3)ccc21)c1ccc(=O)n(CCO)c1. The van der Waals surface area contributed by atoms with Crippen molar-refractivity contribution in [1.29, 1.82) is 0 Å². The molecule has 2 heterocycles. The summed E-state index contributed by atoms with van der Waals surface area (Å²) in [5.41, 5.74) is 2.47. The Bertz CT molecular complexity index is 1140. The van der Waals surface area contributed by atoms with Crippen LogP contribution in [0.1, 0.15) is 46.3 Å². The zero-order valence-corrected chi connectivity index (χ0v) is 15.7. The van der Waals surface area contributed by atoms with Gasteiger partial charge in [0.15, 0.2) is 0 Å². The van der Waals surface area contributed by atoms with Crippen LogP contribution in [0.5, 0.6) is 0 Å². The van der Waals surface area contributed by atoms with Gasteiger partial charge in [-0.1, -0.05) is 17.3 Å². The van der Waals surface area contributed by atoms with Crippen molar-refractivity contribution in [2.45, 2.75) is 31.9 Å². The highest BCUT2D eigenvalue weighted by Gasteiger charge is 2.26. The van der Waals surface area contributed by atoms with Crippen molar-refractivity contribution >= 4 is 5.91 Å². The highest BCUT2D eigenvalue weighted by atomic mass is 19.3. The number of aliphatic hydroxyl groups excluding tert-OH is 1. The first-order valence-electron chi connectivity index (χ1n) is 9.33. The summed E-state index contributed by atoms with van der Waals surface area (Å²) in [5.74, 6) is -0.965. The lowest BCUT2D eigenvalue weighted by Gasteiger charge is -2.15. The van der Waals surface area contributed by atoms with Gasteiger partial charge in [-0.3, -0.25) is 9.59 Å². The number of amides is 1. The van der Waals surface area contributed by atoms with E-state index in [2.05, 4.69) is 20.0 Å². The molecule has 1 aromatic carbocycles. The van der Waals surface area contributed by atoms with E-state index >= 15 is 0 Å². The van der Waals surface area contributed by atoms with Crippen molar-refractivity contribution in [3.05, 3.63) is 69.5 Å². The van der Waals surface area contributed by atoms with E-state index in [0.717, 1.165) is 11.1 Å². The Morgan fingerprint density at radius 1 is 1.33 bits per heavy atom. The largest absolute Gasteiger partial charge is 0.395 e. The van der Waals surface area contributed by atoms with Crippen LogP contribution in [-0.2, 0) is 13.0 Å². The second-order valence-electron chi connectivity index (χ2n) is 6.91. The van der Waals surface area contributed by atoms with Crippen molar-refractivity contribution in [2.24, 2.45) is 0 Å². The molecule has 1 aliphatic carbocycles. The van der Waals surface area contributed by atoms with Crippen LogP contribution in [0.15, 0.2) is 45.8 Å². The third kappa shape index (κ3) is 3.86. The number of hydrogen-bond donors (Lipinski definition) is 2.